The van der Waals surface area contributed by atoms with Crippen LogP contribution in [0.4, 0.5) is 0 Å². The highest BCUT2D eigenvalue weighted by Crippen LogP contribution is 2.20. The maximum Gasteiger partial charge on any atom is 0.500 e. The molecule has 0 spiro atoms. The van der Waals surface area contributed by atoms with Crippen molar-refractivity contribution in [3.05, 3.63) is 34.3 Å². The van der Waals surface area contributed by atoms with Gasteiger partial charge in [0.05, 0.1) is 0 Å². The summed E-state index contributed by atoms with van der Waals surface area (Å²) in [4.78, 5) is 0. The van der Waals surface area contributed by atoms with Crippen molar-refractivity contribution in [1.29, 1.82) is 0 Å². The number of hydrogen-bond donors (Lipinski definition) is 0. The first-order valence-corrected chi connectivity index (χ1v) is 7.78. The van der Waals surface area contributed by atoms with Gasteiger partial charge in [-0.05, 0) is 30.5 Å². The molecule has 1 rings (SSSR count). The quantitative estimate of drug-likeness (QED) is 0.746. The normalized spacial score (nSPS) is 11.8. The van der Waals surface area contributed by atoms with Gasteiger partial charge in [0.1, 0.15) is 0 Å². The van der Waals surface area contributed by atoms with Crippen molar-refractivity contribution in [2.24, 2.45) is 0 Å². The molecule has 5 heteroatoms. The van der Waals surface area contributed by atoms with Crippen molar-refractivity contribution in [2.75, 3.05) is 21.3 Å². The van der Waals surface area contributed by atoms with Gasteiger partial charge in [-0.25, -0.2) is 0 Å². The molecule has 96 valence electrons. The Labute approximate surface area is 109 Å². The van der Waals surface area contributed by atoms with Crippen molar-refractivity contribution >= 4 is 20.4 Å². The lowest BCUT2D eigenvalue weighted by Gasteiger charge is -2.24. The molecule has 0 amide bonds. The van der Waals surface area contributed by atoms with Gasteiger partial charge in [-0.1, -0.05) is 23.7 Å². The average Bonchev–Trinajstić information content (AvgIpc) is 2.36. The SMILES string of the molecule is CO[Si](CCc1ccc(Cl)c(C)c1)(OC)OC. The van der Waals surface area contributed by atoms with Gasteiger partial charge in [0.2, 0.25) is 0 Å². The van der Waals surface area contributed by atoms with E-state index in [1.165, 1.54) is 5.56 Å². The first-order chi connectivity index (χ1) is 8.06. The maximum absolute atomic E-state index is 5.99. The number of benzene rings is 1. The minimum absolute atomic E-state index is 0.761. The molecule has 0 aliphatic carbocycles. The number of hydrogen-bond acceptors (Lipinski definition) is 3. The van der Waals surface area contributed by atoms with Crippen LogP contribution in [0.25, 0.3) is 0 Å². The second kappa shape index (κ2) is 6.52. The molecule has 1 aromatic carbocycles. The summed E-state index contributed by atoms with van der Waals surface area (Å²) in [6.45, 7) is 2.00. The van der Waals surface area contributed by atoms with Gasteiger partial charge in [-0.15, -0.1) is 0 Å². The molecule has 0 atom stereocenters. The van der Waals surface area contributed by atoms with E-state index in [9.17, 15) is 0 Å². The standard InChI is InChI=1S/C12H19ClO3Si/c1-10-9-11(5-6-12(10)13)7-8-17(14-2,15-3)16-4/h5-6,9H,7-8H2,1-4H3. The zero-order valence-electron chi connectivity index (χ0n) is 10.7. The summed E-state index contributed by atoms with van der Waals surface area (Å²) in [6.07, 6.45) is 0.861. The summed E-state index contributed by atoms with van der Waals surface area (Å²) in [5.41, 5.74) is 2.30. The molecule has 0 saturated heterocycles. The van der Waals surface area contributed by atoms with Crippen LogP contribution in [0.5, 0.6) is 0 Å². The molecule has 3 nitrogen and oxygen atoms in total. The van der Waals surface area contributed by atoms with Gasteiger partial charge in [0.25, 0.3) is 0 Å². The van der Waals surface area contributed by atoms with Crippen LogP contribution in [0.2, 0.25) is 11.1 Å². The Kier molecular flexibility index (Phi) is 5.62. The van der Waals surface area contributed by atoms with E-state index in [-0.39, 0.29) is 0 Å². The zero-order valence-corrected chi connectivity index (χ0v) is 12.5. The molecule has 0 fully saturated rings. The van der Waals surface area contributed by atoms with Crippen molar-refractivity contribution < 1.29 is 13.3 Å². The summed E-state index contributed by atoms with van der Waals surface area (Å²) < 4.78 is 16.1. The Hall–Kier alpha value is -0.393. The molecule has 0 aliphatic heterocycles. The van der Waals surface area contributed by atoms with Crippen molar-refractivity contribution in [3.63, 3.8) is 0 Å². The van der Waals surface area contributed by atoms with E-state index in [0.717, 1.165) is 23.1 Å². The van der Waals surface area contributed by atoms with Gasteiger partial charge in [-0.2, -0.15) is 0 Å². The number of rotatable bonds is 6. The number of halogens is 1. The monoisotopic (exact) mass is 274 g/mol. The van der Waals surface area contributed by atoms with Crippen LogP contribution in [0, 0.1) is 6.92 Å². The fraction of sp³-hybridized carbons (Fsp3) is 0.500. The lowest BCUT2D eigenvalue weighted by atomic mass is 10.1. The maximum atomic E-state index is 5.99. The molecular formula is C12H19ClO3Si. The Morgan fingerprint density at radius 3 is 2.18 bits per heavy atom. The molecule has 0 saturated carbocycles. The molecule has 0 aliphatic rings. The van der Waals surface area contributed by atoms with E-state index in [1.54, 1.807) is 21.3 Å². The molecule has 17 heavy (non-hydrogen) atoms. The zero-order chi connectivity index (χ0) is 12.9. The molecule has 0 unspecified atom stereocenters. The Morgan fingerprint density at radius 2 is 1.71 bits per heavy atom. The predicted molar refractivity (Wildman–Crippen MR) is 71.5 cm³/mol. The third kappa shape index (κ3) is 3.79. The summed E-state index contributed by atoms with van der Waals surface area (Å²) in [6, 6.07) is 6.79. The molecular weight excluding hydrogens is 256 g/mol. The van der Waals surface area contributed by atoms with Crippen molar-refractivity contribution in [2.45, 2.75) is 19.4 Å². The average molecular weight is 275 g/mol. The summed E-state index contributed by atoms with van der Waals surface area (Å²) >= 11 is 5.99. The van der Waals surface area contributed by atoms with Crippen molar-refractivity contribution in [3.8, 4) is 0 Å². The van der Waals surface area contributed by atoms with Crippen LogP contribution < -0.4 is 0 Å². The second-order valence-electron chi connectivity index (χ2n) is 3.88. The fourth-order valence-electron chi connectivity index (χ4n) is 1.72. The van der Waals surface area contributed by atoms with Crippen LogP contribution in [-0.2, 0) is 19.7 Å². The van der Waals surface area contributed by atoms with Gasteiger partial charge in [0, 0.05) is 32.4 Å². The second-order valence-corrected chi connectivity index (χ2v) is 7.38. The molecule has 1 aromatic rings. The summed E-state index contributed by atoms with van der Waals surface area (Å²) in [7, 11) is 2.43. The van der Waals surface area contributed by atoms with Crippen LogP contribution in [-0.4, -0.2) is 30.1 Å². The Bertz CT molecular complexity index is 359. The van der Waals surface area contributed by atoms with Gasteiger partial charge >= 0.3 is 8.80 Å². The smallest absolute Gasteiger partial charge is 0.377 e. The van der Waals surface area contributed by atoms with E-state index in [0.29, 0.717) is 0 Å². The van der Waals surface area contributed by atoms with Crippen LogP contribution in [0.15, 0.2) is 18.2 Å². The molecule has 0 heterocycles. The van der Waals surface area contributed by atoms with Gasteiger partial charge in [-0.3, -0.25) is 0 Å². The van der Waals surface area contributed by atoms with E-state index in [2.05, 4.69) is 6.07 Å². The lowest BCUT2D eigenvalue weighted by molar-refractivity contribution is 0.123. The molecule has 0 bridgehead atoms. The minimum Gasteiger partial charge on any atom is -0.377 e. The van der Waals surface area contributed by atoms with Gasteiger partial charge < -0.3 is 13.3 Å². The third-order valence-electron chi connectivity index (χ3n) is 2.88. The number of aryl methyl sites for hydroxylation is 2. The Balaban J connectivity index is 2.68. The van der Waals surface area contributed by atoms with Crippen LogP contribution >= 0.6 is 11.6 Å². The highest BCUT2D eigenvalue weighted by molar-refractivity contribution is 6.60. The molecule has 0 N–H and O–H groups in total. The highest BCUT2D eigenvalue weighted by Gasteiger charge is 2.37. The molecule has 0 radical (unpaired) electrons. The van der Waals surface area contributed by atoms with E-state index in [4.69, 9.17) is 24.9 Å². The first kappa shape index (κ1) is 14.7. The van der Waals surface area contributed by atoms with Gasteiger partial charge in [0.15, 0.2) is 0 Å². The van der Waals surface area contributed by atoms with Crippen LogP contribution in [0.1, 0.15) is 11.1 Å². The topological polar surface area (TPSA) is 27.7 Å². The molecule has 0 aromatic heterocycles. The van der Waals surface area contributed by atoms with Crippen LogP contribution in [0.3, 0.4) is 0 Å². The first-order valence-electron chi connectivity index (χ1n) is 5.47. The van der Waals surface area contributed by atoms with E-state index in [1.807, 2.05) is 19.1 Å². The lowest BCUT2D eigenvalue weighted by Crippen LogP contribution is -2.43. The van der Waals surface area contributed by atoms with E-state index >= 15 is 0 Å². The summed E-state index contributed by atoms with van der Waals surface area (Å²) in [5.74, 6) is 0. The summed E-state index contributed by atoms with van der Waals surface area (Å²) in [5, 5.41) is 0.794. The van der Waals surface area contributed by atoms with E-state index < -0.39 is 8.80 Å². The third-order valence-corrected chi connectivity index (χ3v) is 6.03. The highest BCUT2D eigenvalue weighted by atomic mass is 35.5. The Morgan fingerprint density at radius 1 is 1.12 bits per heavy atom. The van der Waals surface area contributed by atoms with Crippen molar-refractivity contribution in [1.82, 2.24) is 0 Å². The fourth-order valence-corrected chi connectivity index (χ4v) is 3.54. The largest absolute Gasteiger partial charge is 0.500 e. The minimum atomic E-state index is -2.46. The predicted octanol–water partition coefficient (Wildman–Crippen LogP) is 3.07.